The Morgan fingerprint density at radius 3 is 2.94 bits per heavy atom. The van der Waals surface area contributed by atoms with Crippen LogP contribution in [0.5, 0.6) is 5.88 Å². The zero-order valence-corrected chi connectivity index (χ0v) is 10.7. The van der Waals surface area contributed by atoms with Crippen molar-refractivity contribution in [2.75, 3.05) is 13.2 Å². The van der Waals surface area contributed by atoms with E-state index in [2.05, 4.69) is 17.6 Å². The van der Waals surface area contributed by atoms with Crippen LogP contribution in [0.15, 0.2) is 18.3 Å². The van der Waals surface area contributed by atoms with E-state index in [1.165, 1.54) is 0 Å². The van der Waals surface area contributed by atoms with Crippen molar-refractivity contribution in [3.05, 3.63) is 23.9 Å². The molecule has 0 spiro atoms. The Hall–Kier alpha value is -1.23. The van der Waals surface area contributed by atoms with Crippen molar-refractivity contribution in [3.63, 3.8) is 0 Å². The second-order valence-electron chi connectivity index (χ2n) is 4.07. The molecule has 0 aromatic carbocycles. The summed E-state index contributed by atoms with van der Waals surface area (Å²) in [5, 5.41) is 0.165. The topological polar surface area (TPSA) is 42.4 Å². The van der Waals surface area contributed by atoms with E-state index in [0.29, 0.717) is 25.5 Å². The molecule has 1 amide bonds. The largest absolute Gasteiger partial charge is 0.478 e. The normalized spacial score (nSPS) is 19.8. The van der Waals surface area contributed by atoms with Gasteiger partial charge in [0.25, 0.3) is 0 Å². The number of carbonyl (C=O) groups excluding carboxylic acids is 1. The molecule has 1 aliphatic rings. The van der Waals surface area contributed by atoms with E-state index in [0.717, 1.165) is 12.1 Å². The third-order valence-corrected chi connectivity index (χ3v) is 3.00. The molecule has 92 valence electrons. The molecule has 1 unspecified atom stereocenters. The van der Waals surface area contributed by atoms with Crippen molar-refractivity contribution in [2.45, 2.75) is 25.1 Å². The highest BCUT2D eigenvalue weighted by molar-refractivity contribution is 7.81. The van der Waals surface area contributed by atoms with E-state index < -0.39 is 0 Å². The molecule has 0 aliphatic carbocycles. The molecule has 0 N–H and O–H groups in total. The van der Waals surface area contributed by atoms with Crippen LogP contribution in [0.1, 0.15) is 18.9 Å². The van der Waals surface area contributed by atoms with E-state index in [1.807, 2.05) is 24.0 Å². The van der Waals surface area contributed by atoms with Crippen molar-refractivity contribution in [1.29, 1.82) is 0 Å². The van der Waals surface area contributed by atoms with Crippen LogP contribution in [0.3, 0.4) is 0 Å². The lowest BCUT2D eigenvalue weighted by atomic mass is 10.2. The molecule has 0 radical (unpaired) electrons. The molecule has 17 heavy (non-hydrogen) atoms. The van der Waals surface area contributed by atoms with Crippen LogP contribution in [0.2, 0.25) is 0 Å². The van der Waals surface area contributed by atoms with Gasteiger partial charge in [0.15, 0.2) is 0 Å². The molecule has 1 fully saturated rings. The lowest BCUT2D eigenvalue weighted by Gasteiger charge is -2.15. The standard InChI is InChI=1S/C12H16N2O2S/c1-2-16-11-4-3-9(6-13-11)7-14-8-10(17)5-12(14)15/h3-4,6,10,17H,2,5,7-8H2,1H3. The Balaban J connectivity index is 1.97. The lowest BCUT2D eigenvalue weighted by Crippen LogP contribution is -2.24. The second kappa shape index (κ2) is 5.40. The maximum absolute atomic E-state index is 11.6. The minimum atomic E-state index is 0.165. The molecule has 5 heteroatoms. The highest BCUT2D eigenvalue weighted by Crippen LogP contribution is 2.18. The van der Waals surface area contributed by atoms with Crippen LogP contribution < -0.4 is 4.74 Å². The third-order valence-electron chi connectivity index (χ3n) is 2.66. The van der Waals surface area contributed by atoms with Gasteiger partial charge in [0.1, 0.15) is 0 Å². The summed E-state index contributed by atoms with van der Waals surface area (Å²) in [4.78, 5) is 17.6. The molecule has 0 bridgehead atoms. The molecule has 1 atom stereocenters. The van der Waals surface area contributed by atoms with Gasteiger partial charge in [-0.15, -0.1) is 0 Å². The molecule has 1 aromatic rings. The smallest absolute Gasteiger partial charge is 0.224 e. The number of pyridine rings is 1. The Bertz CT molecular complexity index is 394. The number of rotatable bonds is 4. The first-order valence-electron chi connectivity index (χ1n) is 5.72. The summed E-state index contributed by atoms with van der Waals surface area (Å²) in [6, 6.07) is 3.77. The quantitative estimate of drug-likeness (QED) is 0.826. The number of thiol groups is 1. The maximum Gasteiger partial charge on any atom is 0.224 e. The Morgan fingerprint density at radius 1 is 1.59 bits per heavy atom. The first-order valence-corrected chi connectivity index (χ1v) is 6.24. The van der Waals surface area contributed by atoms with Gasteiger partial charge in [-0.3, -0.25) is 4.79 Å². The van der Waals surface area contributed by atoms with Gasteiger partial charge in [0.2, 0.25) is 11.8 Å². The van der Waals surface area contributed by atoms with Crippen molar-refractivity contribution in [2.24, 2.45) is 0 Å². The highest BCUT2D eigenvalue weighted by atomic mass is 32.1. The molecule has 1 aliphatic heterocycles. The summed E-state index contributed by atoms with van der Waals surface area (Å²) in [5.41, 5.74) is 1.02. The van der Waals surface area contributed by atoms with Crippen molar-refractivity contribution < 1.29 is 9.53 Å². The van der Waals surface area contributed by atoms with E-state index in [1.54, 1.807) is 6.20 Å². The fraction of sp³-hybridized carbons (Fsp3) is 0.500. The number of nitrogens with zero attached hydrogens (tertiary/aromatic N) is 2. The monoisotopic (exact) mass is 252 g/mol. The molecule has 4 nitrogen and oxygen atoms in total. The van der Waals surface area contributed by atoms with Gasteiger partial charge < -0.3 is 9.64 Å². The van der Waals surface area contributed by atoms with E-state index in [-0.39, 0.29) is 11.2 Å². The average Bonchev–Trinajstić information content (AvgIpc) is 2.61. The van der Waals surface area contributed by atoms with Crippen LogP contribution in [0.4, 0.5) is 0 Å². The minimum absolute atomic E-state index is 0.165. The minimum Gasteiger partial charge on any atom is -0.478 e. The number of amides is 1. The summed E-state index contributed by atoms with van der Waals surface area (Å²) in [6.07, 6.45) is 2.29. The van der Waals surface area contributed by atoms with Crippen LogP contribution in [0.25, 0.3) is 0 Å². The predicted octanol–water partition coefficient (Wildman–Crippen LogP) is 1.51. The zero-order valence-electron chi connectivity index (χ0n) is 9.80. The van der Waals surface area contributed by atoms with Crippen LogP contribution >= 0.6 is 12.6 Å². The summed E-state index contributed by atoms with van der Waals surface area (Å²) < 4.78 is 5.27. The molecule has 2 heterocycles. The molecule has 2 rings (SSSR count). The summed E-state index contributed by atoms with van der Waals surface area (Å²) in [5.74, 6) is 0.787. The van der Waals surface area contributed by atoms with Gasteiger partial charge in [0, 0.05) is 37.0 Å². The Morgan fingerprint density at radius 2 is 2.41 bits per heavy atom. The highest BCUT2D eigenvalue weighted by Gasteiger charge is 2.26. The molecular weight excluding hydrogens is 236 g/mol. The van der Waals surface area contributed by atoms with E-state index in [9.17, 15) is 4.79 Å². The maximum atomic E-state index is 11.6. The van der Waals surface area contributed by atoms with E-state index >= 15 is 0 Å². The zero-order chi connectivity index (χ0) is 12.3. The van der Waals surface area contributed by atoms with Gasteiger partial charge in [-0.2, -0.15) is 12.6 Å². The molecule has 1 saturated heterocycles. The van der Waals surface area contributed by atoms with Gasteiger partial charge in [-0.25, -0.2) is 4.98 Å². The summed E-state index contributed by atoms with van der Waals surface area (Å²) in [6.45, 7) is 3.86. The number of hydrogen-bond acceptors (Lipinski definition) is 4. The van der Waals surface area contributed by atoms with E-state index in [4.69, 9.17) is 4.74 Å². The summed E-state index contributed by atoms with van der Waals surface area (Å²) >= 11 is 4.32. The number of ether oxygens (including phenoxy) is 1. The molecule has 0 saturated carbocycles. The Kier molecular flexibility index (Phi) is 3.89. The van der Waals surface area contributed by atoms with Gasteiger partial charge in [-0.1, -0.05) is 6.07 Å². The first-order chi connectivity index (χ1) is 8.19. The van der Waals surface area contributed by atoms with Gasteiger partial charge in [-0.05, 0) is 12.5 Å². The fourth-order valence-electron chi connectivity index (χ4n) is 1.86. The second-order valence-corrected chi connectivity index (χ2v) is 4.80. The number of carbonyl (C=O) groups is 1. The fourth-order valence-corrected chi connectivity index (χ4v) is 2.22. The molecule has 1 aromatic heterocycles. The Labute approximate surface area is 106 Å². The number of aromatic nitrogens is 1. The lowest BCUT2D eigenvalue weighted by molar-refractivity contribution is -0.128. The van der Waals surface area contributed by atoms with Crippen LogP contribution in [0, 0.1) is 0 Å². The third kappa shape index (κ3) is 3.12. The van der Waals surface area contributed by atoms with Gasteiger partial charge in [0.05, 0.1) is 6.61 Å². The first kappa shape index (κ1) is 12.2. The van der Waals surface area contributed by atoms with Crippen molar-refractivity contribution in [1.82, 2.24) is 9.88 Å². The SMILES string of the molecule is CCOc1ccc(CN2CC(S)CC2=O)cn1. The van der Waals surface area contributed by atoms with Crippen molar-refractivity contribution >= 4 is 18.5 Å². The van der Waals surface area contributed by atoms with Crippen molar-refractivity contribution in [3.8, 4) is 5.88 Å². The number of hydrogen-bond donors (Lipinski definition) is 1. The van der Waals surface area contributed by atoms with Crippen LogP contribution in [-0.4, -0.2) is 34.2 Å². The van der Waals surface area contributed by atoms with Gasteiger partial charge >= 0.3 is 0 Å². The molecular formula is C12H16N2O2S. The number of likely N-dealkylation sites (tertiary alicyclic amines) is 1. The summed E-state index contributed by atoms with van der Waals surface area (Å²) in [7, 11) is 0. The average molecular weight is 252 g/mol. The predicted molar refractivity (Wildman–Crippen MR) is 68.2 cm³/mol. The van der Waals surface area contributed by atoms with Crippen LogP contribution in [-0.2, 0) is 11.3 Å².